The second-order valence-corrected chi connectivity index (χ2v) is 6.50. The van der Waals surface area contributed by atoms with Crippen LogP contribution in [-0.4, -0.2) is 16.7 Å². The van der Waals surface area contributed by atoms with Crippen molar-refractivity contribution in [2.24, 2.45) is 0 Å². The molecule has 1 heterocycles. The molecule has 0 aliphatic rings. The standard InChI is InChI=1S/C18H23N3O2/c1-12-6-7-13(2)15(10-12)21-16-9-8-14(11-19-16)20-17(22)23-18(3,4)5/h6-11H,1-5H3,(H,19,21)(H,20,22). The number of nitrogens with zero attached hydrogens (tertiary/aromatic N) is 1. The van der Waals surface area contributed by atoms with E-state index in [9.17, 15) is 4.79 Å². The summed E-state index contributed by atoms with van der Waals surface area (Å²) in [6, 6.07) is 9.81. The molecule has 2 N–H and O–H groups in total. The van der Waals surface area contributed by atoms with Crippen molar-refractivity contribution in [2.45, 2.75) is 40.2 Å². The molecule has 1 aromatic heterocycles. The van der Waals surface area contributed by atoms with Crippen LogP contribution in [0.15, 0.2) is 36.5 Å². The van der Waals surface area contributed by atoms with Crippen LogP contribution in [0.25, 0.3) is 0 Å². The van der Waals surface area contributed by atoms with Crippen molar-refractivity contribution < 1.29 is 9.53 Å². The second kappa shape index (κ2) is 6.69. The number of carbonyl (C=O) groups excluding carboxylic acids is 1. The lowest BCUT2D eigenvalue weighted by molar-refractivity contribution is 0.0636. The summed E-state index contributed by atoms with van der Waals surface area (Å²) in [6.07, 6.45) is 1.10. The van der Waals surface area contributed by atoms with Crippen LogP contribution in [0.3, 0.4) is 0 Å². The first-order chi connectivity index (χ1) is 10.7. The summed E-state index contributed by atoms with van der Waals surface area (Å²) in [6.45, 7) is 9.55. The van der Waals surface area contributed by atoms with Gasteiger partial charge in [-0.15, -0.1) is 0 Å². The van der Waals surface area contributed by atoms with E-state index in [4.69, 9.17) is 4.74 Å². The van der Waals surface area contributed by atoms with Crippen molar-refractivity contribution in [1.82, 2.24) is 4.98 Å². The zero-order chi connectivity index (χ0) is 17.0. The maximum atomic E-state index is 11.7. The molecule has 5 heteroatoms. The van der Waals surface area contributed by atoms with Gasteiger partial charge in [-0.2, -0.15) is 0 Å². The van der Waals surface area contributed by atoms with Crippen molar-refractivity contribution in [2.75, 3.05) is 10.6 Å². The van der Waals surface area contributed by atoms with Crippen molar-refractivity contribution in [3.63, 3.8) is 0 Å². The molecule has 0 fully saturated rings. The molecule has 0 saturated carbocycles. The number of hydrogen-bond donors (Lipinski definition) is 2. The molecule has 0 radical (unpaired) electrons. The molecular weight excluding hydrogens is 290 g/mol. The fourth-order valence-corrected chi connectivity index (χ4v) is 1.97. The van der Waals surface area contributed by atoms with Crippen LogP contribution < -0.4 is 10.6 Å². The Morgan fingerprint density at radius 3 is 2.48 bits per heavy atom. The molecule has 0 aliphatic carbocycles. The molecule has 0 unspecified atom stereocenters. The highest BCUT2D eigenvalue weighted by Gasteiger charge is 2.16. The zero-order valence-corrected chi connectivity index (χ0v) is 14.2. The van der Waals surface area contributed by atoms with E-state index in [1.54, 1.807) is 12.3 Å². The molecular formula is C18H23N3O2. The van der Waals surface area contributed by atoms with Gasteiger partial charge in [-0.05, 0) is 63.9 Å². The minimum Gasteiger partial charge on any atom is -0.444 e. The van der Waals surface area contributed by atoms with E-state index in [-0.39, 0.29) is 0 Å². The number of hydrogen-bond acceptors (Lipinski definition) is 4. The van der Waals surface area contributed by atoms with Crippen LogP contribution in [-0.2, 0) is 4.74 Å². The minimum absolute atomic E-state index is 0.491. The summed E-state index contributed by atoms with van der Waals surface area (Å²) >= 11 is 0. The van der Waals surface area contributed by atoms with Gasteiger partial charge >= 0.3 is 6.09 Å². The van der Waals surface area contributed by atoms with Crippen LogP contribution in [0.5, 0.6) is 0 Å². The van der Waals surface area contributed by atoms with Gasteiger partial charge in [0, 0.05) is 5.69 Å². The van der Waals surface area contributed by atoms with E-state index in [1.165, 1.54) is 5.56 Å². The van der Waals surface area contributed by atoms with Crippen LogP contribution in [0.2, 0.25) is 0 Å². The van der Waals surface area contributed by atoms with Crippen molar-refractivity contribution in [3.8, 4) is 0 Å². The molecule has 0 aliphatic heterocycles. The fraction of sp³-hybridized carbons (Fsp3) is 0.333. The van der Waals surface area contributed by atoms with Gasteiger partial charge in [-0.25, -0.2) is 9.78 Å². The Hall–Kier alpha value is -2.56. The Morgan fingerprint density at radius 2 is 1.87 bits per heavy atom. The average Bonchev–Trinajstić information content (AvgIpc) is 2.43. The smallest absolute Gasteiger partial charge is 0.412 e. The summed E-state index contributed by atoms with van der Waals surface area (Å²) < 4.78 is 5.20. The number of aryl methyl sites for hydroxylation is 2. The summed E-state index contributed by atoms with van der Waals surface area (Å²) in [7, 11) is 0. The summed E-state index contributed by atoms with van der Waals surface area (Å²) in [5.41, 5.74) is 3.41. The first-order valence-corrected chi connectivity index (χ1v) is 7.53. The molecule has 0 atom stereocenters. The average molecular weight is 313 g/mol. The number of anilines is 3. The predicted octanol–water partition coefficient (Wildman–Crippen LogP) is 4.79. The molecule has 5 nitrogen and oxygen atoms in total. The van der Waals surface area contributed by atoms with Crippen molar-refractivity contribution >= 4 is 23.3 Å². The first-order valence-electron chi connectivity index (χ1n) is 7.53. The highest BCUT2D eigenvalue weighted by Crippen LogP contribution is 2.21. The van der Waals surface area contributed by atoms with E-state index in [1.807, 2.05) is 40.7 Å². The molecule has 0 bridgehead atoms. The quantitative estimate of drug-likeness (QED) is 0.855. The van der Waals surface area contributed by atoms with Gasteiger partial charge in [-0.3, -0.25) is 5.32 Å². The number of benzene rings is 1. The molecule has 0 saturated heterocycles. The highest BCUT2D eigenvalue weighted by atomic mass is 16.6. The Kier molecular flexibility index (Phi) is 4.89. The first kappa shape index (κ1) is 16.8. The molecule has 2 aromatic rings. The predicted molar refractivity (Wildman–Crippen MR) is 93.3 cm³/mol. The molecule has 0 spiro atoms. The van der Waals surface area contributed by atoms with Gasteiger partial charge in [0.05, 0.1) is 11.9 Å². The van der Waals surface area contributed by atoms with E-state index in [0.717, 1.165) is 11.3 Å². The lowest BCUT2D eigenvalue weighted by atomic mass is 10.1. The third-order valence-electron chi connectivity index (χ3n) is 3.06. The van der Waals surface area contributed by atoms with Gasteiger partial charge in [0.25, 0.3) is 0 Å². The third kappa shape index (κ3) is 5.29. The van der Waals surface area contributed by atoms with E-state index in [2.05, 4.69) is 33.8 Å². The minimum atomic E-state index is -0.526. The third-order valence-corrected chi connectivity index (χ3v) is 3.06. The number of amides is 1. The van der Waals surface area contributed by atoms with E-state index >= 15 is 0 Å². The molecule has 122 valence electrons. The lowest BCUT2D eigenvalue weighted by Gasteiger charge is -2.19. The largest absolute Gasteiger partial charge is 0.444 e. The molecule has 1 aromatic carbocycles. The van der Waals surface area contributed by atoms with Gasteiger partial charge in [0.15, 0.2) is 0 Å². The number of rotatable bonds is 3. The van der Waals surface area contributed by atoms with Crippen LogP contribution in [0.4, 0.5) is 22.0 Å². The Balaban J connectivity index is 2.02. The highest BCUT2D eigenvalue weighted by molar-refractivity contribution is 5.84. The summed E-state index contributed by atoms with van der Waals surface area (Å²) in [4.78, 5) is 16.0. The van der Waals surface area contributed by atoms with Gasteiger partial charge in [0.2, 0.25) is 0 Å². The number of carbonyl (C=O) groups is 1. The number of aromatic nitrogens is 1. The van der Waals surface area contributed by atoms with Crippen molar-refractivity contribution in [3.05, 3.63) is 47.7 Å². The van der Waals surface area contributed by atoms with Gasteiger partial charge in [-0.1, -0.05) is 12.1 Å². The Bertz CT molecular complexity index is 688. The van der Waals surface area contributed by atoms with Crippen molar-refractivity contribution in [1.29, 1.82) is 0 Å². The second-order valence-electron chi connectivity index (χ2n) is 6.50. The lowest BCUT2D eigenvalue weighted by Crippen LogP contribution is -2.27. The molecule has 2 rings (SSSR count). The number of pyridine rings is 1. The maximum absolute atomic E-state index is 11.7. The normalized spacial score (nSPS) is 11.0. The zero-order valence-electron chi connectivity index (χ0n) is 14.2. The number of ether oxygens (including phenoxy) is 1. The van der Waals surface area contributed by atoms with E-state index in [0.29, 0.717) is 11.5 Å². The molecule has 1 amide bonds. The summed E-state index contributed by atoms with van der Waals surface area (Å²) in [5.74, 6) is 0.716. The topological polar surface area (TPSA) is 63.2 Å². The fourth-order valence-electron chi connectivity index (χ4n) is 1.97. The van der Waals surface area contributed by atoms with Gasteiger partial charge in [0.1, 0.15) is 11.4 Å². The summed E-state index contributed by atoms with van der Waals surface area (Å²) in [5, 5.41) is 5.94. The molecule has 23 heavy (non-hydrogen) atoms. The van der Waals surface area contributed by atoms with E-state index < -0.39 is 11.7 Å². The maximum Gasteiger partial charge on any atom is 0.412 e. The van der Waals surface area contributed by atoms with Gasteiger partial charge < -0.3 is 10.1 Å². The SMILES string of the molecule is Cc1ccc(C)c(Nc2ccc(NC(=O)OC(C)(C)C)cn2)c1. The Morgan fingerprint density at radius 1 is 1.13 bits per heavy atom. The van der Waals surface area contributed by atoms with Crippen LogP contribution in [0.1, 0.15) is 31.9 Å². The van der Waals surface area contributed by atoms with Crippen LogP contribution in [0, 0.1) is 13.8 Å². The van der Waals surface area contributed by atoms with Crippen LogP contribution >= 0.6 is 0 Å². The number of nitrogens with one attached hydrogen (secondary N) is 2. The monoisotopic (exact) mass is 313 g/mol. The Labute approximate surface area is 137 Å².